The number of pyridine rings is 2. The number of piperidine rings is 1. The molecule has 6 nitrogen and oxygen atoms in total. The molecule has 1 aliphatic heterocycles. The van der Waals surface area contributed by atoms with Crippen molar-refractivity contribution in [1.29, 1.82) is 5.26 Å². The molecule has 23 heavy (non-hydrogen) atoms. The van der Waals surface area contributed by atoms with Gasteiger partial charge in [-0.1, -0.05) is 0 Å². The number of fused-ring (bicyclic) bond motifs is 1. The molecule has 0 bridgehead atoms. The largest absolute Gasteiger partial charge is 0.364 e. The van der Waals surface area contributed by atoms with Crippen LogP contribution in [0.3, 0.4) is 0 Å². The van der Waals surface area contributed by atoms with Crippen LogP contribution in [0.15, 0.2) is 29.2 Å². The first-order chi connectivity index (χ1) is 11.2. The zero-order valence-corrected chi connectivity index (χ0v) is 12.9. The van der Waals surface area contributed by atoms with E-state index in [-0.39, 0.29) is 5.56 Å². The van der Waals surface area contributed by atoms with Gasteiger partial charge in [0.05, 0.1) is 16.6 Å². The predicted octanol–water partition coefficient (Wildman–Crippen LogP) is 0.406. The Labute approximate surface area is 136 Å². The van der Waals surface area contributed by atoms with Crippen molar-refractivity contribution in [2.45, 2.75) is 25.4 Å². The molecule has 7 heteroatoms. The minimum atomic E-state index is -0.0621. The number of nitrogens with one attached hydrogen (secondary N) is 1. The topological polar surface area (TPSA) is 73.9 Å². The number of likely N-dealkylation sites (tertiary alicyclic amines) is 1. The predicted molar refractivity (Wildman–Crippen MR) is 89.1 cm³/mol. The van der Waals surface area contributed by atoms with Crippen LogP contribution in [0, 0.1) is 11.3 Å². The lowest BCUT2D eigenvalue weighted by atomic mass is 10.0. The second-order valence-electron chi connectivity index (χ2n) is 5.85. The van der Waals surface area contributed by atoms with Gasteiger partial charge in [-0.15, -0.1) is 0 Å². The normalized spacial score (nSPS) is 16.5. The highest BCUT2D eigenvalue weighted by Crippen LogP contribution is 2.13. The van der Waals surface area contributed by atoms with Crippen molar-refractivity contribution >= 4 is 19.0 Å². The van der Waals surface area contributed by atoms with Crippen molar-refractivity contribution in [2.75, 3.05) is 19.6 Å². The highest BCUT2D eigenvalue weighted by Gasteiger charge is 2.17. The molecule has 0 unspecified atom stereocenters. The maximum atomic E-state index is 12.2. The van der Waals surface area contributed by atoms with E-state index in [1.807, 2.05) is 0 Å². The van der Waals surface area contributed by atoms with Crippen LogP contribution in [0.2, 0.25) is 0 Å². The lowest BCUT2D eigenvalue weighted by Crippen LogP contribution is -2.43. The first-order valence-corrected chi connectivity index (χ1v) is 7.79. The molecule has 0 atom stereocenters. The Morgan fingerprint density at radius 2 is 2.13 bits per heavy atom. The summed E-state index contributed by atoms with van der Waals surface area (Å²) in [6.07, 6.45) is 3.56. The molecule has 2 aromatic heterocycles. The third kappa shape index (κ3) is 3.44. The number of aromatic nitrogens is 2. The maximum absolute atomic E-state index is 12.2. The summed E-state index contributed by atoms with van der Waals surface area (Å²) in [5.74, 6) is 0. The summed E-state index contributed by atoms with van der Waals surface area (Å²) in [6, 6.07) is 7.42. The molecule has 0 aliphatic carbocycles. The summed E-state index contributed by atoms with van der Waals surface area (Å²) in [5, 5.41) is 11.9. The van der Waals surface area contributed by atoms with E-state index in [1.165, 1.54) is 12.3 Å². The molecule has 1 saturated heterocycles. The number of hydrogen-bond acceptors (Lipinski definition) is 5. The molecule has 0 amide bonds. The monoisotopic (exact) mass is 307 g/mol. The van der Waals surface area contributed by atoms with Crippen molar-refractivity contribution in [1.82, 2.24) is 19.7 Å². The second kappa shape index (κ2) is 6.94. The van der Waals surface area contributed by atoms with Gasteiger partial charge in [-0.25, -0.2) is 0 Å². The van der Waals surface area contributed by atoms with Gasteiger partial charge in [0.1, 0.15) is 6.07 Å². The van der Waals surface area contributed by atoms with Crippen molar-refractivity contribution in [3.05, 3.63) is 40.3 Å². The van der Waals surface area contributed by atoms with Crippen LogP contribution >= 0.6 is 0 Å². The minimum absolute atomic E-state index is 0.0621. The Morgan fingerprint density at radius 3 is 2.83 bits per heavy atom. The molecular weight excluding hydrogens is 289 g/mol. The highest BCUT2D eigenvalue weighted by molar-refractivity contribution is 6.04. The highest BCUT2D eigenvalue weighted by atomic mass is 16.1. The van der Waals surface area contributed by atoms with E-state index < -0.39 is 0 Å². The fourth-order valence-electron chi connectivity index (χ4n) is 3.02. The van der Waals surface area contributed by atoms with Gasteiger partial charge >= 0.3 is 0 Å². The molecule has 1 fully saturated rings. The SMILES string of the molecule is [B]NC1CCN(CCn2c(=O)ccc3ncc(C#N)cc32)CC1. The van der Waals surface area contributed by atoms with E-state index in [0.29, 0.717) is 18.2 Å². The summed E-state index contributed by atoms with van der Waals surface area (Å²) >= 11 is 0. The average Bonchev–Trinajstić information content (AvgIpc) is 2.61. The van der Waals surface area contributed by atoms with Crippen LogP contribution in [0.1, 0.15) is 18.4 Å². The summed E-state index contributed by atoms with van der Waals surface area (Å²) in [4.78, 5) is 18.8. The minimum Gasteiger partial charge on any atom is -0.364 e. The van der Waals surface area contributed by atoms with Gasteiger partial charge in [-0.2, -0.15) is 5.26 Å². The zero-order chi connectivity index (χ0) is 16.2. The lowest BCUT2D eigenvalue weighted by molar-refractivity contribution is 0.201. The van der Waals surface area contributed by atoms with Crippen LogP contribution < -0.4 is 10.8 Å². The summed E-state index contributed by atoms with van der Waals surface area (Å²) < 4.78 is 1.70. The van der Waals surface area contributed by atoms with Gasteiger partial charge in [-0.05, 0) is 44.1 Å². The molecular formula is C16H18BN5O. The van der Waals surface area contributed by atoms with E-state index in [4.69, 9.17) is 13.2 Å². The molecule has 116 valence electrons. The lowest BCUT2D eigenvalue weighted by Gasteiger charge is -2.32. The Bertz CT molecular complexity index is 789. The Morgan fingerprint density at radius 1 is 1.35 bits per heavy atom. The quantitative estimate of drug-likeness (QED) is 0.828. The molecule has 0 saturated carbocycles. The van der Waals surface area contributed by atoms with Gasteiger partial charge in [0, 0.05) is 25.4 Å². The van der Waals surface area contributed by atoms with Crippen molar-refractivity contribution < 1.29 is 0 Å². The third-order valence-corrected chi connectivity index (χ3v) is 4.43. The zero-order valence-electron chi connectivity index (χ0n) is 12.9. The van der Waals surface area contributed by atoms with Crippen molar-refractivity contribution in [2.24, 2.45) is 0 Å². The fourth-order valence-corrected chi connectivity index (χ4v) is 3.02. The summed E-state index contributed by atoms with van der Waals surface area (Å²) in [6.45, 7) is 3.33. The van der Waals surface area contributed by atoms with Gasteiger partial charge in [-0.3, -0.25) is 9.78 Å². The molecule has 2 aromatic rings. The molecule has 3 rings (SSSR count). The molecule has 3 heterocycles. The Hall–Kier alpha value is -2.17. The van der Waals surface area contributed by atoms with Crippen molar-refractivity contribution in [3.63, 3.8) is 0 Å². The number of hydrogen-bond donors (Lipinski definition) is 1. The smallest absolute Gasteiger partial charge is 0.251 e. The van der Waals surface area contributed by atoms with Gasteiger partial charge in [0.25, 0.3) is 5.56 Å². The average molecular weight is 307 g/mol. The number of nitriles is 1. The first kappa shape index (κ1) is 15.7. The van der Waals surface area contributed by atoms with Crippen LogP contribution in [-0.2, 0) is 6.54 Å². The van der Waals surface area contributed by atoms with E-state index in [2.05, 4.69) is 21.2 Å². The summed E-state index contributed by atoms with van der Waals surface area (Å²) in [7, 11) is 5.48. The first-order valence-electron chi connectivity index (χ1n) is 7.79. The van der Waals surface area contributed by atoms with Crippen LogP contribution in [0.25, 0.3) is 11.0 Å². The number of nitrogens with zero attached hydrogens (tertiary/aromatic N) is 4. The fraction of sp³-hybridized carbons (Fsp3) is 0.438. The number of rotatable bonds is 4. The van der Waals surface area contributed by atoms with Gasteiger partial charge in [0.2, 0.25) is 0 Å². The van der Waals surface area contributed by atoms with Gasteiger partial charge < -0.3 is 14.7 Å². The van der Waals surface area contributed by atoms with Crippen LogP contribution in [-0.4, -0.2) is 48.1 Å². The van der Waals surface area contributed by atoms with Gasteiger partial charge in [0.15, 0.2) is 7.98 Å². The van der Waals surface area contributed by atoms with E-state index in [1.54, 1.807) is 16.7 Å². The van der Waals surface area contributed by atoms with Crippen molar-refractivity contribution in [3.8, 4) is 6.07 Å². The summed E-state index contributed by atoms with van der Waals surface area (Å²) in [5.41, 5.74) is 1.85. The maximum Gasteiger partial charge on any atom is 0.251 e. The second-order valence-corrected chi connectivity index (χ2v) is 5.85. The van der Waals surface area contributed by atoms with E-state index >= 15 is 0 Å². The Kier molecular flexibility index (Phi) is 4.75. The molecule has 1 N–H and O–H groups in total. The molecule has 0 aromatic carbocycles. The molecule has 1 aliphatic rings. The van der Waals surface area contributed by atoms with Crippen LogP contribution in [0.4, 0.5) is 0 Å². The van der Waals surface area contributed by atoms with Crippen LogP contribution in [0.5, 0.6) is 0 Å². The van der Waals surface area contributed by atoms with E-state index in [0.717, 1.165) is 43.5 Å². The van der Waals surface area contributed by atoms with E-state index in [9.17, 15) is 4.79 Å². The molecule has 0 spiro atoms. The Balaban J connectivity index is 1.78. The standard InChI is InChI=1S/C16H18BN5O/c17-20-13-3-5-21(6-4-13)7-8-22-15-9-12(10-18)11-19-14(15)1-2-16(22)23/h1-2,9,11,13,20H,3-8H2. The molecule has 2 radical (unpaired) electrons. The third-order valence-electron chi connectivity index (χ3n) is 4.43.